The van der Waals surface area contributed by atoms with Crippen LogP contribution >= 0.6 is 0 Å². The molecule has 0 saturated carbocycles. The number of methoxy groups -OCH3 is 1. The highest BCUT2D eigenvalue weighted by Crippen LogP contribution is 2.28. The van der Waals surface area contributed by atoms with E-state index in [-0.39, 0.29) is 11.9 Å². The average Bonchev–Trinajstić information content (AvgIpc) is 3.07. The van der Waals surface area contributed by atoms with Crippen LogP contribution in [0.4, 0.5) is 0 Å². The molecule has 6 heteroatoms. The van der Waals surface area contributed by atoms with Gasteiger partial charge in [-0.05, 0) is 70.6 Å². The smallest absolute Gasteiger partial charge is 0.257 e. The Morgan fingerprint density at radius 3 is 2.52 bits per heavy atom. The number of hydrogen-bond donors (Lipinski definition) is 1. The van der Waals surface area contributed by atoms with Gasteiger partial charge in [0.25, 0.3) is 5.91 Å². The van der Waals surface area contributed by atoms with Crippen LogP contribution in [0.15, 0.2) is 28.8 Å². The minimum absolute atomic E-state index is 0.0890. The summed E-state index contributed by atoms with van der Waals surface area (Å²) in [6, 6.07) is 7.49. The van der Waals surface area contributed by atoms with Gasteiger partial charge in [0, 0.05) is 11.6 Å². The van der Waals surface area contributed by atoms with Crippen molar-refractivity contribution in [2.75, 3.05) is 26.7 Å². The van der Waals surface area contributed by atoms with E-state index in [1.54, 1.807) is 14.0 Å². The summed E-state index contributed by atoms with van der Waals surface area (Å²) in [5, 5.41) is 7.08. The van der Waals surface area contributed by atoms with Gasteiger partial charge >= 0.3 is 0 Å². The van der Waals surface area contributed by atoms with Crippen LogP contribution in [0.5, 0.6) is 5.75 Å². The van der Waals surface area contributed by atoms with E-state index in [4.69, 9.17) is 9.26 Å². The van der Waals surface area contributed by atoms with Crippen molar-refractivity contribution >= 4 is 5.91 Å². The summed E-state index contributed by atoms with van der Waals surface area (Å²) in [5.41, 5.74) is 1.89. The third-order valence-electron chi connectivity index (χ3n) is 4.83. The second-order valence-electron chi connectivity index (χ2n) is 6.74. The molecule has 2 aromatic rings. The number of hydrogen-bond acceptors (Lipinski definition) is 5. The molecule has 27 heavy (non-hydrogen) atoms. The first-order valence-electron chi connectivity index (χ1n) is 9.64. The molecule has 0 fully saturated rings. The van der Waals surface area contributed by atoms with E-state index in [0.29, 0.717) is 17.0 Å². The minimum atomic E-state index is -0.144. The lowest BCUT2D eigenvalue weighted by molar-refractivity contribution is 0.0937. The number of nitrogens with zero attached hydrogens (tertiary/aromatic N) is 2. The molecule has 0 aliphatic heterocycles. The van der Waals surface area contributed by atoms with Crippen LogP contribution in [-0.2, 0) is 0 Å². The van der Waals surface area contributed by atoms with E-state index < -0.39 is 0 Å². The van der Waals surface area contributed by atoms with Crippen molar-refractivity contribution in [1.82, 2.24) is 15.4 Å². The molecule has 0 unspecified atom stereocenters. The summed E-state index contributed by atoms with van der Waals surface area (Å²) in [6.45, 7) is 11.3. The molecule has 2 rings (SSSR count). The first-order valence-corrected chi connectivity index (χ1v) is 9.64. The fourth-order valence-corrected chi connectivity index (χ4v) is 3.11. The largest absolute Gasteiger partial charge is 0.497 e. The molecule has 0 aliphatic carbocycles. The normalized spacial score (nSPS) is 12.2. The number of aromatic nitrogens is 1. The Bertz CT molecular complexity index is 721. The zero-order chi connectivity index (χ0) is 19.8. The number of aryl methyl sites for hydroxylation is 1. The first kappa shape index (κ1) is 21.0. The van der Waals surface area contributed by atoms with Crippen molar-refractivity contribution in [3.63, 3.8) is 0 Å². The van der Waals surface area contributed by atoms with Gasteiger partial charge in [-0.3, -0.25) is 4.79 Å². The van der Waals surface area contributed by atoms with Crippen molar-refractivity contribution in [2.24, 2.45) is 0 Å². The van der Waals surface area contributed by atoms with E-state index >= 15 is 0 Å². The number of carbonyl (C=O) groups excluding carboxylic acids is 1. The fraction of sp³-hybridized carbons (Fsp3) is 0.524. The van der Waals surface area contributed by atoms with E-state index in [0.717, 1.165) is 43.8 Å². The Hall–Kier alpha value is -2.34. The highest BCUT2D eigenvalue weighted by Gasteiger charge is 2.23. The van der Waals surface area contributed by atoms with Crippen LogP contribution in [0.1, 0.15) is 49.7 Å². The van der Waals surface area contributed by atoms with E-state index in [1.807, 2.05) is 31.2 Å². The molecule has 148 valence electrons. The summed E-state index contributed by atoms with van der Waals surface area (Å²) < 4.78 is 10.6. The lowest BCUT2D eigenvalue weighted by atomic mass is 10.1. The Labute approximate surface area is 161 Å². The van der Waals surface area contributed by atoms with Crippen molar-refractivity contribution in [3.8, 4) is 17.1 Å². The topological polar surface area (TPSA) is 67.6 Å². The third kappa shape index (κ3) is 5.57. The molecule has 1 atom stereocenters. The van der Waals surface area contributed by atoms with Crippen LogP contribution in [-0.4, -0.2) is 48.7 Å². The number of carbonyl (C=O) groups is 1. The molecule has 1 amide bonds. The predicted molar refractivity (Wildman–Crippen MR) is 107 cm³/mol. The summed E-state index contributed by atoms with van der Waals surface area (Å²) in [4.78, 5) is 15.2. The van der Waals surface area contributed by atoms with Crippen molar-refractivity contribution < 1.29 is 14.1 Å². The maximum Gasteiger partial charge on any atom is 0.257 e. The van der Waals surface area contributed by atoms with Crippen LogP contribution in [0.25, 0.3) is 11.3 Å². The SMILES string of the molecule is CCN(CC)CCC[C@@H](C)NC(=O)c1c(C)noc1-c1ccc(OC)cc1. The minimum Gasteiger partial charge on any atom is -0.497 e. The maximum atomic E-state index is 12.8. The van der Waals surface area contributed by atoms with Crippen molar-refractivity contribution in [2.45, 2.75) is 46.6 Å². The van der Waals surface area contributed by atoms with Gasteiger partial charge in [-0.25, -0.2) is 0 Å². The maximum absolute atomic E-state index is 12.8. The van der Waals surface area contributed by atoms with E-state index in [9.17, 15) is 4.79 Å². The zero-order valence-corrected chi connectivity index (χ0v) is 17.0. The number of ether oxygens (including phenoxy) is 1. The van der Waals surface area contributed by atoms with Gasteiger partial charge in [0.1, 0.15) is 11.3 Å². The van der Waals surface area contributed by atoms with Gasteiger partial charge in [0.2, 0.25) is 0 Å². The molecule has 1 N–H and O–H groups in total. The Morgan fingerprint density at radius 2 is 1.93 bits per heavy atom. The van der Waals surface area contributed by atoms with Gasteiger partial charge in [-0.15, -0.1) is 0 Å². The van der Waals surface area contributed by atoms with E-state index in [2.05, 4.69) is 29.2 Å². The number of amides is 1. The Kier molecular flexibility index (Phi) is 7.85. The molecule has 0 aliphatic rings. The molecule has 0 radical (unpaired) electrons. The van der Waals surface area contributed by atoms with E-state index in [1.165, 1.54) is 0 Å². The fourth-order valence-electron chi connectivity index (χ4n) is 3.11. The van der Waals surface area contributed by atoms with Gasteiger partial charge in [-0.2, -0.15) is 0 Å². The van der Waals surface area contributed by atoms with Crippen LogP contribution in [0.3, 0.4) is 0 Å². The molecule has 0 spiro atoms. The molecule has 1 aromatic heterocycles. The molecule has 6 nitrogen and oxygen atoms in total. The van der Waals surface area contributed by atoms with Gasteiger partial charge in [-0.1, -0.05) is 19.0 Å². The lowest BCUT2D eigenvalue weighted by Crippen LogP contribution is -2.34. The Morgan fingerprint density at radius 1 is 1.26 bits per heavy atom. The molecule has 0 saturated heterocycles. The lowest BCUT2D eigenvalue weighted by Gasteiger charge is -2.19. The summed E-state index contributed by atoms with van der Waals surface area (Å²) in [7, 11) is 1.62. The number of rotatable bonds is 10. The predicted octanol–water partition coefficient (Wildman–Crippen LogP) is 3.90. The highest BCUT2D eigenvalue weighted by atomic mass is 16.5. The highest BCUT2D eigenvalue weighted by molar-refractivity contribution is 6.00. The molecular formula is C21H31N3O3. The monoisotopic (exact) mass is 373 g/mol. The van der Waals surface area contributed by atoms with Crippen molar-refractivity contribution in [3.05, 3.63) is 35.5 Å². The average molecular weight is 373 g/mol. The Balaban J connectivity index is 2.02. The van der Waals surface area contributed by atoms with Crippen LogP contribution in [0.2, 0.25) is 0 Å². The summed E-state index contributed by atoms with van der Waals surface area (Å²) in [6.07, 6.45) is 1.99. The molecule has 0 bridgehead atoms. The standard InChI is InChI=1S/C21H31N3O3/c1-6-24(7-2)14-8-9-15(3)22-21(25)19-16(4)23-27-20(19)17-10-12-18(26-5)13-11-17/h10-13,15H,6-9,14H2,1-5H3,(H,22,25)/t15-/m1/s1. The van der Waals surface area contributed by atoms with Gasteiger partial charge in [0.15, 0.2) is 5.76 Å². The van der Waals surface area contributed by atoms with Gasteiger partial charge < -0.3 is 19.5 Å². The molecule has 1 aromatic carbocycles. The number of benzene rings is 1. The van der Waals surface area contributed by atoms with Crippen molar-refractivity contribution in [1.29, 1.82) is 0 Å². The second-order valence-corrected chi connectivity index (χ2v) is 6.74. The third-order valence-corrected chi connectivity index (χ3v) is 4.83. The second kappa shape index (κ2) is 10.1. The first-order chi connectivity index (χ1) is 13.0. The summed E-state index contributed by atoms with van der Waals surface area (Å²) in [5.74, 6) is 1.10. The quantitative estimate of drug-likeness (QED) is 0.684. The molecule has 1 heterocycles. The zero-order valence-electron chi connectivity index (χ0n) is 17.0. The van der Waals surface area contributed by atoms with Crippen LogP contribution in [0, 0.1) is 6.92 Å². The molecular weight excluding hydrogens is 342 g/mol. The summed E-state index contributed by atoms with van der Waals surface area (Å²) >= 11 is 0. The van der Waals surface area contributed by atoms with Gasteiger partial charge in [0.05, 0.1) is 12.8 Å². The van der Waals surface area contributed by atoms with Crippen LogP contribution < -0.4 is 10.1 Å². The number of nitrogens with one attached hydrogen (secondary N) is 1.